The van der Waals surface area contributed by atoms with E-state index in [2.05, 4.69) is 11.2 Å². The molecule has 0 bridgehead atoms. The summed E-state index contributed by atoms with van der Waals surface area (Å²) < 4.78 is 21.5. The van der Waals surface area contributed by atoms with Gasteiger partial charge in [-0.3, -0.25) is 4.98 Å². The van der Waals surface area contributed by atoms with E-state index in [9.17, 15) is 8.42 Å². The molecule has 1 aromatic rings. The molecule has 1 heterocycles. The van der Waals surface area contributed by atoms with Crippen LogP contribution in [0.4, 0.5) is 0 Å². The highest BCUT2D eigenvalue weighted by Gasteiger charge is 2.04. The van der Waals surface area contributed by atoms with Gasteiger partial charge in [-0.15, -0.1) is 0 Å². The first-order valence-electron chi connectivity index (χ1n) is 2.63. The van der Waals surface area contributed by atoms with Gasteiger partial charge in [0.25, 0.3) is 0 Å². The van der Waals surface area contributed by atoms with Crippen LogP contribution >= 0.6 is 0 Å². The van der Waals surface area contributed by atoms with Crippen molar-refractivity contribution in [3.8, 4) is 0 Å². The zero-order valence-electron chi connectivity index (χ0n) is 5.40. The molecule has 0 aliphatic rings. The molecule has 10 heavy (non-hydrogen) atoms. The van der Waals surface area contributed by atoms with Crippen molar-refractivity contribution in [2.24, 2.45) is 0 Å². The minimum absolute atomic E-state index is 0.134. The lowest BCUT2D eigenvalue weighted by Crippen LogP contribution is -1.96. The molecule has 0 aromatic carbocycles. The largest absolute Gasteiger partial charge is 0.253 e. The Bertz CT molecular complexity index is 304. The summed E-state index contributed by atoms with van der Waals surface area (Å²) >= 11 is 0. The standard InChI is InChI=1S/C6H6NO2S/c1-10(8,9)6-3-2-4-7-5-6/h2-4H,1H3. The minimum atomic E-state index is -3.12. The molecule has 1 radical (unpaired) electrons. The van der Waals surface area contributed by atoms with Crippen molar-refractivity contribution in [3.63, 3.8) is 0 Å². The third-order valence-electron chi connectivity index (χ3n) is 0.982. The first kappa shape index (κ1) is 7.21. The molecule has 53 valence electrons. The van der Waals surface area contributed by atoms with E-state index in [1.54, 1.807) is 6.07 Å². The molecule has 0 saturated carbocycles. The molecule has 0 fully saturated rings. The van der Waals surface area contributed by atoms with Gasteiger partial charge in [0.2, 0.25) is 0 Å². The van der Waals surface area contributed by atoms with Gasteiger partial charge in [-0.2, -0.15) is 0 Å². The summed E-state index contributed by atoms with van der Waals surface area (Å²) in [5.41, 5.74) is 0. The van der Waals surface area contributed by atoms with Crippen molar-refractivity contribution in [2.45, 2.75) is 4.90 Å². The van der Waals surface area contributed by atoms with E-state index >= 15 is 0 Å². The van der Waals surface area contributed by atoms with Crippen molar-refractivity contribution >= 4 is 9.84 Å². The van der Waals surface area contributed by atoms with E-state index < -0.39 is 9.84 Å². The Kier molecular flexibility index (Phi) is 1.72. The highest BCUT2D eigenvalue weighted by Crippen LogP contribution is 2.02. The second-order valence-corrected chi connectivity index (χ2v) is 3.87. The number of pyridine rings is 1. The number of rotatable bonds is 1. The third-order valence-corrected chi connectivity index (χ3v) is 2.01. The summed E-state index contributed by atoms with van der Waals surface area (Å²) in [5, 5.41) is 0. The van der Waals surface area contributed by atoms with Crippen molar-refractivity contribution in [1.82, 2.24) is 4.98 Å². The second-order valence-electron chi connectivity index (χ2n) is 1.89. The van der Waals surface area contributed by atoms with Crippen molar-refractivity contribution in [1.29, 1.82) is 0 Å². The molecule has 0 aliphatic carbocycles. The Labute approximate surface area is 59.6 Å². The molecule has 1 aromatic heterocycles. The average molecular weight is 156 g/mol. The Hall–Kier alpha value is -0.900. The maximum atomic E-state index is 10.8. The van der Waals surface area contributed by atoms with Gasteiger partial charge in [0, 0.05) is 12.5 Å². The quantitative estimate of drug-likeness (QED) is 0.587. The molecule has 0 N–H and O–H groups in total. The van der Waals surface area contributed by atoms with E-state index in [4.69, 9.17) is 0 Å². The van der Waals surface area contributed by atoms with E-state index in [1.165, 1.54) is 12.3 Å². The lowest BCUT2D eigenvalue weighted by molar-refractivity contribution is 0.601. The maximum Gasteiger partial charge on any atom is 0.177 e. The van der Waals surface area contributed by atoms with Crippen LogP contribution in [0.15, 0.2) is 23.2 Å². The molecule has 0 atom stereocenters. The summed E-state index contributed by atoms with van der Waals surface area (Å²) in [5.74, 6) is 0. The van der Waals surface area contributed by atoms with E-state index in [0.717, 1.165) is 6.26 Å². The molecule has 0 unspecified atom stereocenters. The molecular formula is C6H6NO2S. The Balaban J connectivity index is 3.22. The van der Waals surface area contributed by atoms with Crippen molar-refractivity contribution in [3.05, 3.63) is 24.5 Å². The third kappa shape index (κ3) is 1.54. The van der Waals surface area contributed by atoms with Crippen LogP contribution in [-0.2, 0) is 9.84 Å². The summed E-state index contributed by atoms with van der Waals surface area (Å²) in [4.78, 5) is 3.68. The second kappa shape index (κ2) is 2.38. The lowest BCUT2D eigenvalue weighted by atomic mass is 10.5. The summed E-state index contributed by atoms with van der Waals surface area (Å²) in [7, 11) is -3.12. The smallest absolute Gasteiger partial charge is 0.177 e. The van der Waals surface area contributed by atoms with Gasteiger partial charge in [-0.1, -0.05) is 0 Å². The Morgan fingerprint density at radius 3 is 2.60 bits per heavy atom. The molecule has 0 saturated heterocycles. The monoisotopic (exact) mass is 156 g/mol. The van der Waals surface area contributed by atoms with Gasteiger partial charge in [-0.25, -0.2) is 8.42 Å². The fourth-order valence-corrected chi connectivity index (χ4v) is 1.06. The van der Waals surface area contributed by atoms with Gasteiger partial charge in [0.15, 0.2) is 9.84 Å². The first-order valence-corrected chi connectivity index (χ1v) is 4.52. The van der Waals surface area contributed by atoms with Crippen LogP contribution in [0.3, 0.4) is 0 Å². The number of hydrogen-bond donors (Lipinski definition) is 0. The Morgan fingerprint density at radius 2 is 2.30 bits per heavy atom. The zero-order valence-corrected chi connectivity index (χ0v) is 6.22. The average Bonchev–Trinajstić information content (AvgIpc) is 1.88. The molecule has 0 amide bonds. The number of sulfone groups is 1. The van der Waals surface area contributed by atoms with E-state index in [0.29, 0.717) is 0 Å². The van der Waals surface area contributed by atoms with E-state index in [-0.39, 0.29) is 4.90 Å². The lowest BCUT2D eigenvalue weighted by Gasteiger charge is -1.91. The van der Waals surface area contributed by atoms with Gasteiger partial charge >= 0.3 is 0 Å². The van der Waals surface area contributed by atoms with Gasteiger partial charge < -0.3 is 0 Å². The van der Waals surface area contributed by atoms with Gasteiger partial charge in [0.05, 0.1) is 4.90 Å². The van der Waals surface area contributed by atoms with Crippen LogP contribution < -0.4 is 0 Å². The predicted octanol–water partition coefficient (Wildman–Crippen LogP) is 0.285. The summed E-state index contributed by atoms with van der Waals surface area (Å²) in [6.07, 6.45) is 4.98. The SMILES string of the molecule is CS(=O)(=O)c1[c]nccc1. The van der Waals surface area contributed by atoms with Crippen LogP contribution in [-0.4, -0.2) is 19.7 Å². The summed E-state index contributed by atoms with van der Waals surface area (Å²) in [6, 6.07) is 3.02. The van der Waals surface area contributed by atoms with Crippen LogP contribution in [0.5, 0.6) is 0 Å². The molecule has 0 spiro atoms. The van der Waals surface area contributed by atoms with Crippen LogP contribution in [0.25, 0.3) is 0 Å². The molecule has 3 nitrogen and oxygen atoms in total. The molecular weight excluding hydrogens is 150 g/mol. The van der Waals surface area contributed by atoms with Gasteiger partial charge in [0.1, 0.15) is 6.20 Å². The topological polar surface area (TPSA) is 47.0 Å². The highest BCUT2D eigenvalue weighted by atomic mass is 32.2. The predicted molar refractivity (Wildman–Crippen MR) is 36.2 cm³/mol. The number of nitrogens with zero attached hydrogens (tertiary/aromatic N) is 1. The fourth-order valence-electron chi connectivity index (χ4n) is 0.518. The van der Waals surface area contributed by atoms with Crippen LogP contribution in [0.2, 0.25) is 0 Å². The first-order chi connectivity index (χ1) is 4.61. The normalized spacial score (nSPS) is 11.3. The van der Waals surface area contributed by atoms with E-state index in [1.807, 2.05) is 0 Å². The van der Waals surface area contributed by atoms with Crippen LogP contribution in [0.1, 0.15) is 0 Å². The zero-order chi connectivity index (χ0) is 7.61. The number of hydrogen-bond acceptors (Lipinski definition) is 3. The van der Waals surface area contributed by atoms with Crippen LogP contribution in [0, 0.1) is 6.20 Å². The molecule has 4 heteroatoms. The van der Waals surface area contributed by atoms with Gasteiger partial charge in [-0.05, 0) is 12.1 Å². The number of aromatic nitrogens is 1. The van der Waals surface area contributed by atoms with Crippen molar-refractivity contribution in [2.75, 3.05) is 6.26 Å². The minimum Gasteiger partial charge on any atom is -0.253 e. The highest BCUT2D eigenvalue weighted by molar-refractivity contribution is 7.90. The maximum absolute atomic E-state index is 10.8. The van der Waals surface area contributed by atoms with Crippen molar-refractivity contribution < 1.29 is 8.42 Å². The fraction of sp³-hybridized carbons (Fsp3) is 0.167. The molecule has 0 aliphatic heterocycles. The molecule has 1 rings (SSSR count). The Morgan fingerprint density at radius 1 is 1.60 bits per heavy atom. The summed E-state index contributed by atoms with van der Waals surface area (Å²) in [6.45, 7) is 0.